The predicted octanol–water partition coefficient (Wildman–Crippen LogP) is 0.104. The molecule has 0 aromatic heterocycles. The second kappa shape index (κ2) is 3.91. The largest absolute Gasteiger partial charge is 0.371 e. The fourth-order valence-corrected chi connectivity index (χ4v) is 0.398. The van der Waals surface area contributed by atoms with Gasteiger partial charge >= 0.3 is 5.97 Å². The molecule has 0 aromatic rings. The number of rotatable bonds is 2. The lowest BCUT2D eigenvalue weighted by molar-refractivity contribution is -0.139. The number of esters is 1. The zero-order valence-electron chi connectivity index (χ0n) is 6.13. The van der Waals surface area contributed by atoms with Gasteiger partial charge in [-0.1, -0.05) is 20.3 Å². The van der Waals surface area contributed by atoms with Gasteiger partial charge in [-0.2, -0.15) is 0 Å². The highest BCUT2D eigenvalue weighted by Crippen LogP contribution is 1.99. The number of carbonyl (C=O) groups excluding carboxylic acids is 1. The summed E-state index contributed by atoms with van der Waals surface area (Å²) >= 11 is 0. The van der Waals surface area contributed by atoms with Crippen LogP contribution in [0.5, 0.6) is 0 Å². The second-order valence-corrected chi connectivity index (χ2v) is 2.31. The van der Waals surface area contributed by atoms with Gasteiger partial charge in [-0.05, 0) is 5.92 Å². The Hall–Kier alpha value is -1.01. The van der Waals surface area contributed by atoms with Crippen LogP contribution in [0.4, 0.5) is 0 Å². The van der Waals surface area contributed by atoms with Crippen molar-refractivity contribution in [1.82, 2.24) is 0 Å². The summed E-state index contributed by atoms with van der Waals surface area (Å²) in [5, 5.41) is 0. The number of terminal acetylenes is 1. The normalized spacial score (nSPS) is 12.3. The van der Waals surface area contributed by atoms with Crippen LogP contribution in [0.3, 0.4) is 0 Å². The minimum absolute atomic E-state index is 0.0563. The zero-order valence-corrected chi connectivity index (χ0v) is 6.13. The topological polar surface area (TPSA) is 52.3 Å². The van der Waals surface area contributed by atoms with Gasteiger partial charge in [0.15, 0.2) is 0 Å². The number of carbonyl (C=O) groups is 1. The van der Waals surface area contributed by atoms with Gasteiger partial charge in [0.25, 0.3) is 0 Å². The first-order valence-electron chi connectivity index (χ1n) is 3.01. The summed E-state index contributed by atoms with van der Waals surface area (Å²) in [5.41, 5.74) is 5.38. The van der Waals surface area contributed by atoms with Gasteiger partial charge in [0.05, 0.1) is 0 Å². The molecule has 2 N–H and O–H groups in total. The molecule has 0 fully saturated rings. The van der Waals surface area contributed by atoms with Gasteiger partial charge in [0.2, 0.25) is 0 Å². The minimum Gasteiger partial charge on any atom is -0.371 e. The van der Waals surface area contributed by atoms with Crippen LogP contribution in [0.2, 0.25) is 0 Å². The molecule has 0 amide bonds. The molecule has 0 saturated heterocycles. The molecule has 0 aliphatic rings. The van der Waals surface area contributed by atoms with Gasteiger partial charge in [-0.25, -0.2) is 4.79 Å². The van der Waals surface area contributed by atoms with Crippen molar-refractivity contribution in [3.63, 3.8) is 0 Å². The van der Waals surface area contributed by atoms with Gasteiger partial charge in [-0.3, -0.25) is 0 Å². The van der Waals surface area contributed by atoms with E-state index in [9.17, 15) is 4.79 Å². The van der Waals surface area contributed by atoms with E-state index in [-0.39, 0.29) is 5.92 Å². The summed E-state index contributed by atoms with van der Waals surface area (Å²) in [6.07, 6.45) is 6.49. The minimum atomic E-state index is -0.615. The molecule has 56 valence electrons. The number of hydrogen-bond acceptors (Lipinski definition) is 3. The fraction of sp³-hybridized carbons (Fsp3) is 0.571. The highest BCUT2D eigenvalue weighted by molar-refractivity contribution is 5.76. The average Bonchev–Trinajstić information content (AvgIpc) is 1.87. The Morgan fingerprint density at radius 3 is 2.50 bits per heavy atom. The lowest BCUT2D eigenvalue weighted by Crippen LogP contribution is -2.36. The van der Waals surface area contributed by atoms with Crippen molar-refractivity contribution in [2.75, 3.05) is 0 Å². The van der Waals surface area contributed by atoms with Crippen LogP contribution in [-0.2, 0) is 9.53 Å². The Morgan fingerprint density at radius 1 is 1.70 bits per heavy atom. The molecule has 0 aliphatic carbocycles. The van der Waals surface area contributed by atoms with Crippen molar-refractivity contribution in [3.05, 3.63) is 0 Å². The first-order valence-corrected chi connectivity index (χ1v) is 3.01. The van der Waals surface area contributed by atoms with E-state index in [1.54, 1.807) is 6.11 Å². The van der Waals surface area contributed by atoms with Gasteiger partial charge < -0.3 is 10.5 Å². The summed E-state index contributed by atoms with van der Waals surface area (Å²) in [7, 11) is 0. The van der Waals surface area contributed by atoms with Crippen LogP contribution in [0.1, 0.15) is 13.8 Å². The SMILES string of the molecule is C#COC(=O)[C@@H](N)C(C)C. The van der Waals surface area contributed by atoms with Crippen molar-refractivity contribution in [3.8, 4) is 12.5 Å². The summed E-state index contributed by atoms with van der Waals surface area (Å²) in [4.78, 5) is 10.7. The molecular weight excluding hydrogens is 130 g/mol. The molecule has 3 nitrogen and oxygen atoms in total. The Kier molecular flexibility index (Phi) is 3.52. The lowest BCUT2D eigenvalue weighted by atomic mass is 10.1. The highest BCUT2D eigenvalue weighted by atomic mass is 16.5. The molecule has 0 radical (unpaired) electrons. The monoisotopic (exact) mass is 141 g/mol. The third-order valence-electron chi connectivity index (χ3n) is 1.15. The standard InChI is InChI=1S/C7H11NO2/c1-4-10-7(9)6(8)5(2)3/h1,5-6H,8H2,2-3H3/t6-/m0/s1. The molecule has 10 heavy (non-hydrogen) atoms. The first kappa shape index (κ1) is 8.99. The van der Waals surface area contributed by atoms with E-state index < -0.39 is 12.0 Å². The van der Waals surface area contributed by atoms with Crippen molar-refractivity contribution >= 4 is 5.97 Å². The van der Waals surface area contributed by atoms with E-state index in [1.165, 1.54) is 0 Å². The van der Waals surface area contributed by atoms with Crippen molar-refractivity contribution in [2.24, 2.45) is 11.7 Å². The summed E-state index contributed by atoms with van der Waals surface area (Å²) in [6, 6.07) is -0.615. The molecule has 1 atom stereocenters. The second-order valence-electron chi connectivity index (χ2n) is 2.31. The van der Waals surface area contributed by atoms with Crippen LogP contribution in [0.25, 0.3) is 0 Å². The van der Waals surface area contributed by atoms with Crippen LogP contribution in [0.15, 0.2) is 0 Å². The maximum absolute atomic E-state index is 10.7. The molecule has 0 bridgehead atoms. The number of nitrogens with two attached hydrogens (primary N) is 1. The van der Waals surface area contributed by atoms with E-state index in [0.29, 0.717) is 0 Å². The fourth-order valence-electron chi connectivity index (χ4n) is 0.398. The Balaban J connectivity index is 3.85. The lowest BCUT2D eigenvalue weighted by Gasteiger charge is -2.10. The average molecular weight is 141 g/mol. The summed E-state index contributed by atoms with van der Waals surface area (Å²) in [5.74, 6) is -0.488. The third kappa shape index (κ3) is 2.51. The van der Waals surface area contributed by atoms with Gasteiger partial charge in [0.1, 0.15) is 12.1 Å². The smallest absolute Gasteiger partial charge is 0.337 e. The molecule has 0 rings (SSSR count). The maximum Gasteiger partial charge on any atom is 0.337 e. The Bertz CT molecular complexity index is 157. The van der Waals surface area contributed by atoms with Crippen molar-refractivity contribution in [1.29, 1.82) is 0 Å². The van der Waals surface area contributed by atoms with E-state index >= 15 is 0 Å². The molecule has 0 unspecified atom stereocenters. The molecule has 3 heteroatoms. The molecule has 0 spiro atoms. The third-order valence-corrected chi connectivity index (χ3v) is 1.15. The maximum atomic E-state index is 10.7. The predicted molar refractivity (Wildman–Crippen MR) is 37.7 cm³/mol. The quantitative estimate of drug-likeness (QED) is 0.438. The number of ether oxygens (including phenoxy) is 1. The summed E-state index contributed by atoms with van der Waals surface area (Å²) < 4.78 is 4.23. The highest BCUT2D eigenvalue weighted by Gasteiger charge is 2.17. The number of hydrogen-bond donors (Lipinski definition) is 1. The molecular formula is C7H11NO2. The molecule has 0 aromatic carbocycles. The molecule has 0 saturated carbocycles. The van der Waals surface area contributed by atoms with Crippen LogP contribution in [-0.4, -0.2) is 12.0 Å². The Morgan fingerprint density at radius 2 is 2.20 bits per heavy atom. The molecule has 0 heterocycles. The van der Waals surface area contributed by atoms with Crippen LogP contribution < -0.4 is 5.73 Å². The zero-order chi connectivity index (χ0) is 8.15. The van der Waals surface area contributed by atoms with E-state index in [2.05, 4.69) is 4.74 Å². The van der Waals surface area contributed by atoms with E-state index in [0.717, 1.165) is 0 Å². The van der Waals surface area contributed by atoms with Crippen molar-refractivity contribution in [2.45, 2.75) is 19.9 Å². The van der Waals surface area contributed by atoms with Crippen molar-refractivity contribution < 1.29 is 9.53 Å². The van der Waals surface area contributed by atoms with Gasteiger partial charge in [0, 0.05) is 0 Å². The van der Waals surface area contributed by atoms with E-state index in [1.807, 2.05) is 13.8 Å². The summed E-state index contributed by atoms with van der Waals surface area (Å²) in [6.45, 7) is 3.64. The Labute approximate surface area is 60.5 Å². The van der Waals surface area contributed by atoms with E-state index in [4.69, 9.17) is 12.2 Å². The molecule has 0 aliphatic heterocycles. The van der Waals surface area contributed by atoms with Crippen LogP contribution >= 0.6 is 0 Å². The van der Waals surface area contributed by atoms with Crippen LogP contribution in [0, 0.1) is 18.4 Å². The first-order chi connectivity index (χ1) is 4.59. The van der Waals surface area contributed by atoms with Gasteiger partial charge in [-0.15, -0.1) is 0 Å².